The number of ether oxygens (including phenoxy) is 1. The van der Waals surface area contributed by atoms with Crippen LogP contribution in [0.2, 0.25) is 0 Å². The van der Waals surface area contributed by atoms with Gasteiger partial charge < -0.3 is 15.0 Å². The van der Waals surface area contributed by atoms with Crippen LogP contribution in [0, 0.1) is 20.8 Å². The summed E-state index contributed by atoms with van der Waals surface area (Å²) in [5.74, 6) is -0.488. The smallest absolute Gasteiger partial charge is 0.337 e. The Kier molecular flexibility index (Phi) is 6.54. The molecule has 154 valence electrons. The maximum atomic E-state index is 12.6. The Labute approximate surface area is 172 Å². The van der Waals surface area contributed by atoms with Gasteiger partial charge >= 0.3 is 5.97 Å². The SMILES string of the molecule is COC(=O)c1ccc(C)c(NC(=O)CN2CCN(c3cccc(C)c3C)CC2)c1. The lowest BCUT2D eigenvalue weighted by Gasteiger charge is -2.36. The monoisotopic (exact) mass is 395 g/mol. The number of nitrogens with one attached hydrogen (secondary N) is 1. The summed E-state index contributed by atoms with van der Waals surface area (Å²) in [6.07, 6.45) is 0. The molecule has 1 amide bonds. The molecular weight excluding hydrogens is 366 g/mol. The van der Waals surface area contributed by atoms with Crippen molar-refractivity contribution in [2.24, 2.45) is 0 Å². The molecule has 1 aliphatic rings. The van der Waals surface area contributed by atoms with Gasteiger partial charge in [0.2, 0.25) is 5.91 Å². The number of methoxy groups -OCH3 is 1. The van der Waals surface area contributed by atoms with E-state index in [4.69, 9.17) is 4.74 Å². The molecule has 0 bridgehead atoms. The molecule has 29 heavy (non-hydrogen) atoms. The molecule has 0 saturated carbocycles. The maximum Gasteiger partial charge on any atom is 0.337 e. The van der Waals surface area contributed by atoms with Crippen molar-refractivity contribution in [1.82, 2.24) is 4.90 Å². The van der Waals surface area contributed by atoms with Crippen LogP contribution in [0.15, 0.2) is 36.4 Å². The third-order valence-corrected chi connectivity index (χ3v) is 5.59. The van der Waals surface area contributed by atoms with E-state index in [0.717, 1.165) is 31.7 Å². The third-order valence-electron chi connectivity index (χ3n) is 5.59. The molecule has 0 radical (unpaired) electrons. The van der Waals surface area contributed by atoms with Gasteiger partial charge in [0.25, 0.3) is 0 Å². The molecule has 0 aromatic heterocycles. The molecule has 1 heterocycles. The van der Waals surface area contributed by atoms with Crippen molar-refractivity contribution in [3.05, 3.63) is 58.7 Å². The number of esters is 1. The van der Waals surface area contributed by atoms with Crippen molar-refractivity contribution in [2.45, 2.75) is 20.8 Å². The minimum atomic E-state index is -0.414. The molecule has 0 spiro atoms. The number of hydrogen-bond acceptors (Lipinski definition) is 5. The molecule has 2 aromatic carbocycles. The highest BCUT2D eigenvalue weighted by Crippen LogP contribution is 2.24. The predicted molar refractivity (Wildman–Crippen MR) is 116 cm³/mol. The normalized spacial score (nSPS) is 14.6. The van der Waals surface area contributed by atoms with Gasteiger partial charge in [0, 0.05) is 37.6 Å². The van der Waals surface area contributed by atoms with Crippen LogP contribution in [0.3, 0.4) is 0 Å². The quantitative estimate of drug-likeness (QED) is 0.788. The minimum Gasteiger partial charge on any atom is -0.465 e. The van der Waals surface area contributed by atoms with Crippen LogP contribution < -0.4 is 10.2 Å². The first kappa shape index (κ1) is 20.9. The summed E-state index contributed by atoms with van der Waals surface area (Å²) in [6.45, 7) is 10.0. The second-order valence-electron chi connectivity index (χ2n) is 7.55. The fraction of sp³-hybridized carbons (Fsp3) is 0.391. The third kappa shape index (κ3) is 4.95. The highest BCUT2D eigenvalue weighted by molar-refractivity contribution is 5.96. The Balaban J connectivity index is 1.56. The Morgan fingerprint density at radius 2 is 1.72 bits per heavy atom. The lowest BCUT2D eigenvalue weighted by atomic mass is 10.1. The van der Waals surface area contributed by atoms with Crippen molar-refractivity contribution in [3.8, 4) is 0 Å². The zero-order valence-corrected chi connectivity index (χ0v) is 17.6. The summed E-state index contributed by atoms with van der Waals surface area (Å²) < 4.78 is 4.76. The van der Waals surface area contributed by atoms with Crippen LogP contribution in [0.25, 0.3) is 0 Å². The van der Waals surface area contributed by atoms with Gasteiger partial charge in [0.05, 0.1) is 19.2 Å². The number of carbonyl (C=O) groups is 2. The minimum absolute atomic E-state index is 0.0738. The van der Waals surface area contributed by atoms with E-state index < -0.39 is 5.97 Å². The summed E-state index contributed by atoms with van der Waals surface area (Å²) >= 11 is 0. The summed E-state index contributed by atoms with van der Waals surface area (Å²) in [5.41, 5.74) is 5.88. The average Bonchev–Trinajstić information content (AvgIpc) is 2.72. The van der Waals surface area contributed by atoms with Crippen LogP contribution >= 0.6 is 0 Å². The number of amides is 1. The lowest BCUT2D eigenvalue weighted by Crippen LogP contribution is -2.48. The molecule has 1 saturated heterocycles. The van der Waals surface area contributed by atoms with E-state index in [-0.39, 0.29) is 5.91 Å². The van der Waals surface area contributed by atoms with Crippen LogP contribution in [0.5, 0.6) is 0 Å². The number of anilines is 2. The number of benzene rings is 2. The Hall–Kier alpha value is -2.86. The number of rotatable bonds is 5. The number of aryl methyl sites for hydroxylation is 2. The molecular formula is C23H29N3O3. The highest BCUT2D eigenvalue weighted by atomic mass is 16.5. The highest BCUT2D eigenvalue weighted by Gasteiger charge is 2.21. The number of hydrogen-bond donors (Lipinski definition) is 1. The van der Waals surface area contributed by atoms with Gasteiger partial charge in [-0.3, -0.25) is 9.69 Å². The van der Waals surface area contributed by atoms with Gasteiger partial charge in [-0.1, -0.05) is 18.2 Å². The maximum absolute atomic E-state index is 12.6. The van der Waals surface area contributed by atoms with Crippen LogP contribution in [0.1, 0.15) is 27.0 Å². The lowest BCUT2D eigenvalue weighted by molar-refractivity contribution is -0.117. The number of carbonyl (C=O) groups excluding carboxylic acids is 2. The number of piperazine rings is 1. The molecule has 6 nitrogen and oxygen atoms in total. The first-order valence-corrected chi connectivity index (χ1v) is 9.91. The van der Waals surface area contributed by atoms with Crippen LogP contribution in [-0.2, 0) is 9.53 Å². The molecule has 6 heteroatoms. The standard InChI is InChI=1S/C23H29N3O3/c1-16-6-5-7-21(18(16)3)26-12-10-25(11-13-26)15-22(27)24-20-14-19(23(28)29-4)9-8-17(20)2/h5-9,14H,10-13,15H2,1-4H3,(H,24,27). The Morgan fingerprint density at radius 1 is 1.00 bits per heavy atom. The van der Waals surface area contributed by atoms with E-state index >= 15 is 0 Å². The van der Waals surface area contributed by atoms with Crippen molar-refractivity contribution in [3.63, 3.8) is 0 Å². The van der Waals surface area contributed by atoms with Crippen LogP contribution in [-0.4, -0.2) is 56.6 Å². The largest absolute Gasteiger partial charge is 0.465 e. The zero-order valence-electron chi connectivity index (χ0n) is 17.6. The Morgan fingerprint density at radius 3 is 2.41 bits per heavy atom. The van der Waals surface area contributed by atoms with Gasteiger partial charge in [-0.05, 0) is 55.7 Å². The average molecular weight is 396 g/mol. The summed E-state index contributed by atoms with van der Waals surface area (Å²) in [5, 5.41) is 2.93. The number of nitrogens with zero attached hydrogens (tertiary/aromatic N) is 2. The molecule has 0 aliphatic carbocycles. The van der Waals surface area contributed by atoms with Crippen molar-refractivity contribution < 1.29 is 14.3 Å². The first-order chi connectivity index (χ1) is 13.9. The fourth-order valence-electron chi connectivity index (χ4n) is 3.62. The van der Waals surface area contributed by atoms with E-state index in [1.54, 1.807) is 12.1 Å². The molecule has 3 rings (SSSR count). The molecule has 1 aliphatic heterocycles. The summed E-state index contributed by atoms with van der Waals surface area (Å²) in [6, 6.07) is 11.6. The Bertz CT molecular complexity index is 902. The first-order valence-electron chi connectivity index (χ1n) is 9.91. The van der Waals surface area contributed by atoms with Crippen molar-refractivity contribution in [2.75, 3.05) is 50.1 Å². The van der Waals surface area contributed by atoms with Crippen molar-refractivity contribution in [1.29, 1.82) is 0 Å². The molecule has 0 atom stereocenters. The second kappa shape index (κ2) is 9.09. The second-order valence-corrected chi connectivity index (χ2v) is 7.55. The summed E-state index contributed by atoms with van der Waals surface area (Å²) in [7, 11) is 1.35. The van der Waals surface area contributed by atoms with Gasteiger partial charge in [-0.15, -0.1) is 0 Å². The van der Waals surface area contributed by atoms with E-state index in [1.807, 2.05) is 13.0 Å². The van der Waals surface area contributed by atoms with E-state index in [1.165, 1.54) is 23.9 Å². The predicted octanol–water partition coefficient (Wildman–Crippen LogP) is 3.16. The van der Waals surface area contributed by atoms with Crippen molar-refractivity contribution >= 4 is 23.3 Å². The zero-order chi connectivity index (χ0) is 21.0. The molecule has 1 fully saturated rings. The van der Waals surface area contributed by atoms with Gasteiger partial charge in [0.15, 0.2) is 0 Å². The van der Waals surface area contributed by atoms with Gasteiger partial charge in [-0.2, -0.15) is 0 Å². The fourth-order valence-corrected chi connectivity index (χ4v) is 3.62. The summed E-state index contributed by atoms with van der Waals surface area (Å²) in [4.78, 5) is 28.8. The van der Waals surface area contributed by atoms with Gasteiger partial charge in [-0.25, -0.2) is 4.79 Å². The molecule has 2 aromatic rings. The van der Waals surface area contributed by atoms with E-state index in [9.17, 15) is 9.59 Å². The van der Waals surface area contributed by atoms with Crippen LogP contribution in [0.4, 0.5) is 11.4 Å². The van der Waals surface area contributed by atoms with Gasteiger partial charge in [0.1, 0.15) is 0 Å². The molecule has 1 N–H and O–H groups in total. The van der Waals surface area contributed by atoms with E-state index in [2.05, 4.69) is 47.2 Å². The topological polar surface area (TPSA) is 61.9 Å². The molecule has 0 unspecified atom stereocenters. The van der Waals surface area contributed by atoms with E-state index in [0.29, 0.717) is 17.8 Å².